The smallest absolute Gasteiger partial charge is 0.187 e. The summed E-state index contributed by atoms with van der Waals surface area (Å²) in [6, 6.07) is 4.50. The van der Waals surface area contributed by atoms with Gasteiger partial charge in [0, 0.05) is 23.9 Å². The minimum Gasteiger partial charge on any atom is -0.204 e. The Labute approximate surface area is 152 Å². The Balaban J connectivity index is 2.87. The summed E-state index contributed by atoms with van der Waals surface area (Å²) in [6.07, 6.45) is -0.187. The van der Waals surface area contributed by atoms with E-state index in [-0.39, 0.29) is 34.2 Å². The van der Waals surface area contributed by atoms with Crippen molar-refractivity contribution in [2.24, 2.45) is 12.5 Å². The lowest BCUT2D eigenvalue weighted by Crippen LogP contribution is -2.39. The van der Waals surface area contributed by atoms with E-state index in [1.807, 2.05) is 20.8 Å². The average molecular weight is 318 g/mol. The van der Waals surface area contributed by atoms with Crippen molar-refractivity contribution in [3.63, 3.8) is 0 Å². The molecule has 0 radical (unpaired) electrons. The Kier molecular flexibility index (Phi) is 2.73. The lowest BCUT2D eigenvalue weighted by atomic mass is 9.86. The first-order valence-electron chi connectivity index (χ1n) is 11.4. The Hall–Kier alpha value is -1.63. The summed E-state index contributed by atoms with van der Waals surface area (Å²) in [5.41, 5.74) is 0.741. The van der Waals surface area contributed by atoms with Crippen molar-refractivity contribution >= 4 is 0 Å². The van der Waals surface area contributed by atoms with Gasteiger partial charge in [0.25, 0.3) is 0 Å². The highest BCUT2D eigenvalue weighted by molar-refractivity contribution is 5.67. The van der Waals surface area contributed by atoms with Crippen LogP contribution < -0.4 is 4.57 Å². The fraction of sp³-hybridized carbons (Fsp3) is 0.500. The van der Waals surface area contributed by atoms with Crippen LogP contribution in [-0.2, 0) is 18.8 Å². The normalized spacial score (nSPS) is 18.1. The van der Waals surface area contributed by atoms with E-state index in [4.69, 9.17) is 9.60 Å². The fourth-order valence-corrected chi connectivity index (χ4v) is 2.65. The number of aryl methyl sites for hydroxylation is 2. The van der Waals surface area contributed by atoms with Gasteiger partial charge in [-0.2, -0.15) is 0 Å². The molecule has 1 heterocycles. The Morgan fingerprint density at radius 1 is 1.13 bits per heavy atom. The highest BCUT2D eigenvalue weighted by Gasteiger charge is 2.25. The van der Waals surface area contributed by atoms with Crippen LogP contribution in [0.3, 0.4) is 0 Å². The van der Waals surface area contributed by atoms with Gasteiger partial charge in [-0.25, -0.2) is 4.57 Å². The molecule has 0 atom stereocenters. The average Bonchev–Trinajstić information content (AvgIpc) is 2.51. The number of pyridine rings is 1. The van der Waals surface area contributed by atoms with Crippen LogP contribution in [0.25, 0.3) is 11.1 Å². The van der Waals surface area contributed by atoms with Gasteiger partial charge in [-0.05, 0) is 35.3 Å². The van der Waals surface area contributed by atoms with E-state index in [1.54, 1.807) is 44.6 Å². The first-order chi connectivity index (χ1) is 13.3. The van der Waals surface area contributed by atoms with Gasteiger partial charge in [0.2, 0.25) is 0 Å². The van der Waals surface area contributed by atoms with Crippen molar-refractivity contribution in [3.8, 4) is 11.1 Å². The van der Waals surface area contributed by atoms with Gasteiger partial charge in [-0.15, -0.1) is 0 Å². The quantitative estimate of drug-likeness (QED) is 0.655. The van der Waals surface area contributed by atoms with Crippen molar-refractivity contribution in [2.75, 3.05) is 0 Å². The van der Waals surface area contributed by atoms with Crippen molar-refractivity contribution in [1.29, 1.82) is 0 Å². The zero-order valence-electron chi connectivity index (χ0n) is 22.3. The van der Waals surface area contributed by atoms with Crippen LogP contribution in [0.15, 0.2) is 36.5 Å². The highest BCUT2D eigenvalue weighted by atomic mass is 14.9. The van der Waals surface area contributed by atoms with E-state index in [2.05, 4.69) is 0 Å². The summed E-state index contributed by atoms with van der Waals surface area (Å²) in [7, 11) is 1.80. The molecule has 1 aromatic carbocycles. The maximum atomic E-state index is 8.58. The van der Waals surface area contributed by atoms with E-state index in [1.165, 1.54) is 12.1 Å². The van der Waals surface area contributed by atoms with Crippen molar-refractivity contribution in [2.45, 2.75) is 60.2 Å². The molecule has 2 rings (SSSR count). The maximum Gasteiger partial charge on any atom is 0.187 e. The van der Waals surface area contributed by atoms with Gasteiger partial charge in [0.05, 0.1) is 2.74 Å². The molecule has 0 aliphatic rings. The molecule has 1 nitrogen and oxygen atoms in total. The second-order valence-electron chi connectivity index (χ2n) is 8.13. The van der Waals surface area contributed by atoms with Crippen LogP contribution in [0, 0.1) is 12.3 Å². The summed E-state index contributed by atoms with van der Waals surface area (Å²) in [5.74, 6) is 0. The SMILES string of the molecule is [2H]c1cc(C([2H])([2H])C(C)(C)C)cc([2H])c1-c1cc(C(C)(C)C)[n+](C)cc1C([2H])([2H])[2H]. The maximum absolute atomic E-state index is 8.58. The molecular weight excluding hydrogens is 278 g/mol. The van der Waals surface area contributed by atoms with Gasteiger partial charge < -0.3 is 0 Å². The molecule has 0 saturated heterocycles. The molecule has 0 aliphatic heterocycles. The third kappa shape index (κ3) is 4.43. The van der Waals surface area contributed by atoms with Gasteiger partial charge in [-0.1, -0.05) is 65.8 Å². The van der Waals surface area contributed by atoms with Gasteiger partial charge in [-0.3, -0.25) is 0 Å². The van der Waals surface area contributed by atoms with Crippen LogP contribution in [-0.4, -0.2) is 0 Å². The number of rotatable bonds is 2. The zero-order chi connectivity index (χ0) is 23.4. The molecule has 124 valence electrons. The fourth-order valence-electron chi connectivity index (χ4n) is 2.65. The predicted molar refractivity (Wildman–Crippen MR) is 99.7 cm³/mol. The molecule has 0 N–H and O–H groups in total. The molecule has 0 saturated carbocycles. The number of aromatic nitrogens is 1. The molecule has 2 aromatic rings. The third-order valence-corrected chi connectivity index (χ3v) is 3.58. The van der Waals surface area contributed by atoms with Crippen molar-refractivity contribution in [3.05, 3.63) is 53.3 Å². The molecule has 1 heteroatoms. The van der Waals surface area contributed by atoms with Crippen molar-refractivity contribution in [1.82, 2.24) is 0 Å². The van der Waals surface area contributed by atoms with Crippen LogP contribution in [0.5, 0.6) is 0 Å². The van der Waals surface area contributed by atoms with Crippen LogP contribution >= 0.6 is 0 Å². The van der Waals surface area contributed by atoms with Crippen LogP contribution in [0.4, 0.5) is 0 Å². The summed E-state index contributed by atoms with van der Waals surface area (Å²) in [5, 5.41) is 0. The summed E-state index contributed by atoms with van der Waals surface area (Å²) in [6.45, 7) is 8.96. The minimum absolute atomic E-state index is 0.0511. The predicted octanol–water partition coefficient (Wildman–Crippen LogP) is 5.37. The molecule has 0 aliphatic carbocycles. The van der Waals surface area contributed by atoms with Crippen LogP contribution in [0.1, 0.15) is 68.0 Å². The number of hydrogen-bond donors (Lipinski definition) is 0. The minimum atomic E-state index is -2.42. The van der Waals surface area contributed by atoms with E-state index < -0.39 is 18.6 Å². The van der Waals surface area contributed by atoms with E-state index in [9.17, 15) is 0 Å². The molecule has 0 unspecified atom stereocenters. The van der Waals surface area contributed by atoms with E-state index in [0.29, 0.717) is 5.56 Å². The first-order valence-corrected chi connectivity index (χ1v) is 7.95. The molecule has 0 fully saturated rings. The molecule has 0 amide bonds. The molecule has 0 bridgehead atoms. The van der Waals surface area contributed by atoms with Gasteiger partial charge >= 0.3 is 0 Å². The Bertz CT molecular complexity index is 938. The largest absolute Gasteiger partial charge is 0.204 e. The Morgan fingerprint density at radius 3 is 2.22 bits per heavy atom. The number of nitrogens with zero attached hydrogens (tertiary/aromatic N) is 1. The van der Waals surface area contributed by atoms with E-state index >= 15 is 0 Å². The standard InChI is InChI=1S/C22H32N/c1-16-15-23(8)20(22(5,6)7)13-19(16)18-11-9-17(10-12-18)14-21(2,3)4/h9-13,15H,14H2,1-8H3/q+1/i1D3,11D,12D,14D2. The van der Waals surface area contributed by atoms with Crippen molar-refractivity contribution < 1.29 is 14.2 Å². The van der Waals surface area contributed by atoms with Gasteiger partial charge in [0.15, 0.2) is 11.9 Å². The molecular formula is C22H32N+. The monoisotopic (exact) mass is 317 g/mol. The van der Waals surface area contributed by atoms with E-state index in [0.717, 1.165) is 5.69 Å². The lowest BCUT2D eigenvalue weighted by Gasteiger charge is -2.19. The van der Waals surface area contributed by atoms with Gasteiger partial charge in [0.1, 0.15) is 7.05 Å². The first kappa shape index (κ1) is 10.3. The second kappa shape index (κ2) is 6.11. The molecule has 1 aromatic heterocycles. The lowest BCUT2D eigenvalue weighted by molar-refractivity contribution is -0.682. The second-order valence-corrected chi connectivity index (χ2v) is 8.13. The number of benzene rings is 1. The molecule has 23 heavy (non-hydrogen) atoms. The number of hydrogen-bond acceptors (Lipinski definition) is 0. The summed E-state index contributed by atoms with van der Waals surface area (Å²) >= 11 is 0. The Morgan fingerprint density at radius 2 is 1.74 bits per heavy atom. The summed E-state index contributed by atoms with van der Waals surface area (Å²) in [4.78, 5) is 0. The molecule has 0 spiro atoms. The summed E-state index contributed by atoms with van der Waals surface area (Å²) < 4.78 is 59.9. The van der Waals surface area contributed by atoms with Crippen LogP contribution in [0.2, 0.25) is 0 Å². The topological polar surface area (TPSA) is 3.88 Å². The third-order valence-electron chi connectivity index (χ3n) is 3.58. The highest BCUT2D eigenvalue weighted by Crippen LogP contribution is 2.29. The zero-order valence-corrected chi connectivity index (χ0v) is 15.3.